The number of carbonyl (C=O) groups excluding carboxylic acids is 1. The number of para-hydroxylation sites is 3. The van der Waals surface area contributed by atoms with Crippen LogP contribution in [0.3, 0.4) is 0 Å². The van der Waals surface area contributed by atoms with Gasteiger partial charge in [-0.05, 0) is 30.2 Å². The summed E-state index contributed by atoms with van der Waals surface area (Å²) in [7, 11) is 1.57. The van der Waals surface area contributed by atoms with Crippen molar-refractivity contribution in [3.63, 3.8) is 0 Å². The quantitative estimate of drug-likeness (QED) is 0.784. The van der Waals surface area contributed by atoms with Crippen LogP contribution in [-0.4, -0.2) is 29.5 Å². The Morgan fingerprint density at radius 3 is 2.81 bits per heavy atom. The fraction of sp³-hybridized carbons (Fsp3) is 0.150. The van der Waals surface area contributed by atoms with E-state index in [1.54, 1.807) is 25.3 Å². The van der Waals surface area contributed by atoms with Gasteiger partial charge in [-0.15, -0.1) is 0 Å². The van der Waals surface area contributed by atoms with Gasteiger partial charge >= 0.3 is 0 Å². The highest BCUT2D eigenvalue weighted by atomic mass is 16.5. The van der Waals surface area contributed by atoms with Crippen molar-refractivity contribution in [3.8, 4) is 5.75 Å². The van der Waals surface area contributed by atoms with Crippen LogP contribution in [0.5, 0.6) is 5.75 Å². The third-order valence-electron chi connectivity index (χ3n) is 4.40. The predicted molar refractivity (Wildman–Crippen MR) is 100 cm³/mol. The first kappa shape index (κ1) is 16.1. The van der Waals surface area contributed by atoms with Crippen molar-refractivity contribution in [1.82, 2.24) is 9.97 Å². The maximum absolute atomic E-state index is 12.6. The van der Waals surface area contributed by atoms with Gasteiger partial charge in [0.15, 0.2) is 0 Å². The first-order valence-corrected chi connectivity index (χ1v) is 8.38. The minimum absolute atomic E-state index is 0.300. The molecule has 6 nitrogen and oxygen atoms in total. The number of hydrogen-bond acceptors (Lipinski definition) is 5. The molecule has 1 aromatic heterocycles. The van der Waals surface area contributed by atoms with E-state index in [-0.39, 0.29) is 5.91 Å². The molecule has 6 heteroatoms. The van der Waals surface area contributed by atoms with Gasteiger partial charge in [-0.3, -0.25) is 4.79 Å². The van der Waals surface area contributed by atoms with Gasteiger partial charge in [0.25, 0.3) is 5.91 Å². The lowest BCUT2D eigenvalue weighted by Gasteiger charge is -2.18. The van der Waals surface area contributed by atoms with Crippen LogP contribution in [0.4, 0.5) is 17.2 Å². The van der Waals surface area contributed by atoms with Crippen molar-refractivity contribution in [2.24, 2.45) is 0 Å². The maximum Gasteiger partial charge on any atom is 0.274 e. The lowest BCUT2D eigenvalue weighted by Crippen LogP contribution is -2.18. The zero-order valence-corrected chi connectivity index (χ0v) is 14.3. The minimum atomic E-state index is -0.300. The Morgan fingerprint density at radius 1 is 1.12 bits per heavy atom. The molecule has 0 unspecified atom stereocenters. The predicted octanol–water partition coefficient (Wildman–Crippen LogP) is 3.43. The zero-order chi connectivity index (χ0) is 17.9. The van der Waals surface area contributed by atoms with Crippen LogP contribution in [0.2, 0.25) is 0 Å². The summed E-state index contributed by atoms with van der Waals surface area (Å²) >= 11 is 0. The Kier molecular flexibility index (Phi) is 4.23. The van der Waals surface area contributed by atoms with Gasteiger partial charge < -0.3 is 15.0 Å². The highest BCUT2D eigenvalue weighted by molar-refractivity contribution is 6.04. The number of methoxy groups -OCH3 is 1. The molecule has 0 spiro atoms. The minimum Gasteiger partial charge on any atom is -0.495 e. The van der Waals surface area contributed by atoms with Crippen LogP contribution in [-0.2, 0) is 6.42 Å². The van der Waals surface area contributed by atoms with E-state index in [2.05, 4.69) is 32.3 Å². The number of nitrogens with one attached hydrogen (secondary N) is 1. The number of anilines is 3. The summed E-state index contributed by atoms with van der Waals surface area (Å²) in [6.45, 7) is 0.837. The molecule has 4 rings (SSSR count). The molecule has 0 saturated heterocycles. The third-order valence-corrected chi connectivity index (χ3v) is 4.40. The van der Waals surface area contributed by atoms with Crippen LogP contribution in [0, 0.1) is 0 Å². The molecule has 0 fully saturated rings. The number of rotatable bonds is 4. The van der Waals surface area contributed by atoms with Crippen molar-refractivity contribution in [1.29, 1.82) is 0 Å². The Balaban J connectivity index is 1.59. The average Bonchev–Trinajstić information content (AvgIpc) is 3.12. The number of ether oxygens (including phenoxy) is 1. The van der Waals surface area contributed by atoms with E-state index in [4.69, 9.17) is 4.74 Å². The number of benzene rings is 2. The monoisotopic (exact) mass is 346 g/mol. The third kappa shape index (κ3) is 2.97. The Morgan fingerprint density at radius 2 is 1.92 bits per heavy atom. The van der Waals surface area contributed by atoms with E-state index in [0.29, 0.717) is 17.1 Å². The van der Waals surface area contributed by atoms with Crippen molar-refractivity contribution in [2.45, 2.75) is 6.42 Å². The molecule has 1 aliphatic rings. The van der Waals surface area contributed by atoms with Crippen molar-refractivity contribution in [3.05, 3.63) is 72.2 Å². The lowest BCUT2D eigenvalue weighted by atomic mass is 10.2. The largest absolute Gasteiger partial charge is 0.495 e. The summed E-state index contributed by atoms with van der Waals surface area (Å²) in [6.07, 6.45) is 2.39. The number of amides is 1. The van der Waals surface area contributed by atoms with Gasteiger partial charge in [-0.1, -0.05) is 30.3 Å². The van der Waals surface area contributed by atoms with E-state index in [1.807, 2.05) is 24.3 Å². The Bertz CT molecular complexity index is 958. The molecule has 0 radical (unpaired) electrons. The fourth-order valence-corrected chi connectivity index (χ4v) is 3.13. The molecule has 0 atom stereocenters. The molecule has 26 heavy (non-hydrogen) atoms. The zero-order valence-electron chi connectivity index (χ0n) is 14.3. The van der Waals surface area contributed by atoms with E-state index in [0.717, 1.165) is 24.5 Å². The van der Waals surface area contributed by atoms with E-state index in [9.17, 15) is 4.79 Å². The van der Waals surface area contributed by atoms with Gasteiger partial charge in [0, 0.05) is 18.3 Å². The van der Waals surface area contributed by atoms with Crippen molar-refractivity contribution >= 4 is 23.1 Å². The van der Waals surface area contributed by atoms with Gasteiger partial charge in [0.2, 0.25) is 0 Å². The number of fused-ring (bicyclic) bond motifs is 1. The van der Waals surface area contributed by atoms with Gasteiger partial charge in [0.1, 0.15) is 23.6 Å². The number of nitrogens with zero attached hydrogens (tertiary/aromatic N) is 3. The first-order chi connectivity index (χ1) is 12.8. The maximum atomic E-state index is 12.6. The Hall–Kier alpha value is -3.41. The highest BCUT2D eigenvalue weighted by Crippen LogP contribution is 2.33. The van der Waals surface area contributed by atoms with Crippen molar-refractivity contribution in [2.75, 3.05) is 23.9 Å². The topological polar surface area (TPSA) is 67.3 Å². The standard InChI is InChI=1S/C20H18N4O2/c1-26-18-9-5-3-7-15(18)23-20(25)16-12-19(22-13-21-16)24-11-10-14-6-2-4-8-17(14)24/h2-9,12-13H,10-11H2,1H3,(H,23,25). The van der Waals surface area contributed by atoms with Crippen LogP contribution in [0.25, 0.3) is 0 Å². The molecular formula is C20H18N4O2. The molecule has 1 aliphatic heterocycles. The normalized spacial score (nSPS) is 12.6. The molecule has 0 saturated carbocycles. The molecule has 1 amide bonds. The summed E-state index contributed by atoms with van der Waals surface area (Å²) < 4.78 is 5.27. The summed E-state index contributed by atoms with van der Waals surface area (Å²) in [5.74, 6) is 1.02. The van der Waals surface area contributed by atoms with Crippen LogP contribution in [0.1, 0.15) is 16.1 Å². The van der Waals surface area contributed by atoms with Crippen molar-refractivity contribution < 1.29 is 9.53 Å². The smallest absolute Gasteiger partial charge is 0.274 e. The molecule has 130 valence electrons. The SMILES string of the molecule is COc1ccccc1NC(=O)c1cc(N2CCc3ccccc32)ncn1. The lowest BCUT2D eigenvalue weighted by molar-refractivity contribution is 0.102. The second-order valence-electron chi connectivity index (χ2n) is 5.95. The first-order valence-electron chi connectivity index (χ1n) is 8.38. The summed E-state index contributed by atoms with van der Waals surface area (Å²) in [6, 6.07) is 17.2. The molecule has 0 bridgehead atoms. The molecule has 2 aromatic carbocycles. The van der Waals surface area contributed by atoms with Gasteiger partial charge in [-0.2, -0.15) is 0 Å². The van der Waals surface area contributed by atoms with Gasteiger partial charge in [-0.25, -0.2) is 9.97 Å². The summed E-state index contributed by atoms with van der Waals surface area (Å²) in [5.41, 5.74) is 3.32. The van der Waals surface area contributed by atoms with Crippen LogP contribution < -0.4 is 15.0 Å². The van der Waals surface area contributed by atoms with E-state index >= 15 is 0 Å². The van der Waals surface area contributed by atoms with Crippen LogP contribution >= 0.6 is 0 Å². The van der Waals surface area contributed by atoms with Gasteiger partial charge in [0.05, 0.1) is 12.8 Å². The van der Waals surface area contributed by atoms with E-state index in [1.165, 1.54) is 11.9 Å². The summed E-state index contributed by atoms with van der Waals surface area (Å²) in [5, 5.41) is 2.84. The van der Waals surface area contributed by atoms with Crippen LogP contribution in [0.15, 0.2) is 60.9 Å². The van der Waals surface area contributed by atoms with E-state index < -0.39 is 0 Å². The number of aromatic nitrogens is 2. The number of carbonyl (C=O) groups is 1. The molecule has 0 aliphatic carbocycles. The number of hydrogen-bond donors (Lipinski definition) is 1. The summed E-state index contributed by atoms with van der Waals surface area (Å²) in [4.78, 5) is 23.2. The molecular weight excluding hydrogens is 328 g/mol. The molecule has 2 heterocycles. The average molecular weight is 346 g/mol. The second kappa shape index (κ2) is 6.84. The highest BCUT2D eigenvalue weighted by Gasteiger charge is 2.22. The fourth-order valence-electron chi connectivity index (χ4n) is 3.13. The Labute approximate surface area is 151 Å². The second-order valence-corrected chi connectivity index (χ2v) is 5.95. The molecule has 1 N–H and O–H groups in total. The molecule has 3 aromatic rings.